The van der Waals surface area contributed by atoms with Crippen molar-refractivity contribution in [3.05, 3.63) is 64.1 Å². The lowest BCUT2D eigenvalue weighted by atomic mass is 10.1. The minimum Gasteiger partial charge on any atom is -0.378 e. The molecule has 2 amide bonds. The standard InChI is InChI=1S/C20H18BrN3O3/c21-15-2-1-3-17(13-15)24-20(26)18(19(25)22-24)12-14-4-6-16(7-5-14)23-8-10-27-11-9-23/h1-7,12-13H,8-11H2,(H,22,25). The maximum Gasteiger partial charge on any atom is 0.282 e. The summed E-state index contributed by atoms with van der Waals surface area (Å²) >= 11 is 3.38. The largest absolute Gasteiger partial charge is 0.378 e. The zero-order valence-electron chi connectivity index (χ0n) is 14.5. The molecule has 0 aromatic heterocycles. The summed E-state index contributed by atoms with van der Waals surface area (Å²) in [6.45, 7) is 3.18. The quantitative estimate of drug-likeness (QED) is 0.604. The predicted molar refractivity (Wildman–Crippen MR) is 107 cm³/mol. The molecule has 2 saturated heterocycles. The number of hydrogen-bond donors (Lipinski definition) is 1. The monoisotopic (exact) mass is 427 g/mol. The predicted octanol–water partition coefficient (Wildman–Crippen LogP) is 2.75. The van der Waals surface area contributed by atoms with Crippen LogP contribution in [0.2, 0.25) is 0 Å². The number of hydrogen-bond acceptors (Lipinski definition) is 4. The number of benzene rings is 2. The first kappa shape index (κ1) is 17.8. The average molecular weight is 428 g/mol. The van der Waals surface area contributed by atoms with Crippen molar-refractivity contribution >= 4 is 45.2 Å². The minimum atomic E-state index is -0.405. The maximum absolute atomic E-state index is 12.7. The molecule has 2 heterocycles. The summed E-state index contributed by atoms with van der Waals surface area (Å²) in [7, 11) is 0. The van der Waals surface area contributed by atoms with Crippen molar-refractivity contribution in [1.82, 2.24) is 5.43 Å². The van der Waals surface area contributed by atoms with Crippen molar-refractivity contribution < 1.29 is 14.3 Å². The van der Waals surface area contributed by atoms with Gasteiger partial charge in [0.25, 0.3) is 11.8 Å². The Morgan fingerprint density at radius 3 is 2.44 bits per heavy atom. The highest BCUT2D eigenvalue weighted by Crippen LogP contribution is 2.25. The van der Waals surface area contributed by atoms with E-state index >= 15 is 0 Å². The van der Waals surface area contributed by atoms with Gasteiger partial charge in [0.05, 0.1) is 18.9 Å². The van der Waals surface area contributed by atoms with Crippen molar-refractivity contribution in [3.8, 4) is 0 Å². The van der Waals surface area contributed by atoms with E-state index in [1.807, 2.05) is 36.4 Å². The van der Waals surface area contributed by atoms with Crippen LogP contribution in [-0.4, -0.2) is 38.1 Å². The van der Waals surface area contributed by atoms with E-state index in [1.54, 1.807) is 18.2 Å². The maximum atomic E-state index is 12.7. The van der Waals surface area contributed by atoms with E-state index in [2.05, 4.69) is 26.3 Å². The van der Waals surface area contributed by atoms with E-state index in [4.69, 9.17) is 4.74 Å². The Morgan fingerprint density at radius 2 is 1.74 bits per heavy atom. The first-order valence-electron chi connectivity index (χ1n) is 8.67. The summed E-state index contributed by atoms with van der Waals surface area (Å²) in [6.07, 6.45) is 1.62. The van der Waals surface area contributed by atoms with Crippen LogP contribution in [0.15, 0.2) is 58.6 Å². The fourth-order valence-corrected chi connectivity index (χ4v) is 3.51. The molecule has 0 aliphatic carbocycles. The topological polar surface area (TPSA) is 61.9 Å². The number of carbonyl (C=O) groups excluding carboxylic acids is 2. The van der Waals surface area contributed by atoms with Gasteiger partial charge in [-0.25, -0.2) is 5.01 Å². The fraction of sp³-hybridized carbons (Fsp3) is 0.200. The first-order valence-corrected chi connectivity index (χ1v) is 9.46. The third-order valence-electron chi connectivity index (χ3n) is 4.54. The molecular weight excluding hydrogens is 410 g/mol. The molecule has 4 rings (SSSR count). The summed E-state index contributed by atoms with van der Waals surface area (Å²) in [6, 6.07) is 15.0. The van der Waals surface area contributed by atoms with E-state index in [-0.39, 0.29) is 11.5 Å². The molecule has 0 saturated carbocycles. The summed E-state index contributed by atoms with van der Waals surface area (Å²) < 4.78 is 6.20. The van der Waals surface area contributed by atoms with Crippen molar-refractivity contribution in [1.29, 1.82) is 0 Å². The number of ether oxygens (including phenoxy) is 1. The Kier molecular flexibility index (Phi) is 4.96. The number of rotatable bonds is 3. The lowest BCUT2D eigenvalue weighted by molar-refractivity contribution is -0.117. The second kappa shape index (κ2) is 7.54. The SMILES string of the molecule is O=C1NN(c2cccc(Br)c2)C(=O)C1=Cc1ccc(N2CCOCC2)cc1. The van der Waals surface area contributed by atoms with Gasteiger partial charge in [0, 0.05) is 23.2 Å². The highest BCUT2D eigenvalue weighted by Gasteiger charge is 2.34. The molecule has 1 N–H and O–H groups in total. The molecule has 0 unspecified atom stereocenters. The molecule has 0 atom stereocenters. The van der Waals surface area contributed by atoms with Crippen molar-refractivity contribution in [3.63, 3.8) is 0 Å². The highest BCUT2D eigenvalue weighted by molar-refractivity contribution is 9.10. The molecular formula is C20H18BrN3O3. The lowest BCUT2D eigenvalue weighted by Crippen LogP contribution is -2.36. The second-order valence-corrected chi connectivity index (χ2v) is 7.23. The molecule has 27 heavy (non-hydrogen) atoms. The number of halogens is 1. The molecule has 6 nitrogen and oxygen atoms in total. The molecule has 2 aromatic rings. The van der Waals surface area contributed by atoms with Crippen LogP contribution in [-0.2, 0) is 14.3 Å². The smallest absolute Gasteiger partial charge is 0.282 e. The van der Waals surface area contributed by atoms with E-state index < -0.39 is 5.91 Å². The van der Waals surface area contributed by atoms with Gasteiger partial charge in [-0.3, -0.25) is 15.0 Å². The zero-order chi connectivity index (χ0) is 18.8. The number of morpholine rings is 1. The third kappa shape index (κ3) is 3.74. The molecule has 2 fully saturated rings. The Balaban J connectivity index is 1.54. The molecule has 2 aliphatic heterocycles. The van der Waals surface area contributed by atoms with Crippen LogP contribution in [0.5, 0.6) is 0 Å². The Labute approximate surface area is 165 Å². The Morgan fingerprint density at radius 1 is 1.00 bits per heavy atom. The molecule has 0 spiro atoms. The highest BCUT2D eigenvalue weighted by atomic mass is 79.9. The van der Waals surface area contributed by atoms with Crippen LogP contribution < -0.4 is 15.3 Å². The van der Waals surface area contributed by atoms with Gasteiger partial charge < -0.3 is 9.64 Å². The summed E-state index contributed by atoms with van der Waals surface area (Å²) in [4.78, 5) is 27.2. The number of hydrazine groups is 1. The van der Waals surface area contributed by atoms with E-state index in [0.29, 0.717) is 5.69 Å². The number of amides is 2. The number of anilines is 2. The average Bonchev–Trinajstić information content (AvgIpc) is 2.97. The van der Waals surface area contributed by atoms with Crippen LogP contribution in [0.25, 0.3) is 6.08 Å². The molecule has 2 aromatic carbocycles. The number of nitrogens with zero attached hydrogens (tertiary/aromatic N) is 2. The van der Waals surface area contributed by atoms with E-state index in [9.17, 15) is 9.59 Å². The van der Waals surface area contributed by atoms with E-state index in [1.165, 1.54) is 5.01 Å². The van der Waals surface area contributed by atoms with Crippen LogP contribution in [0.1, 0.15) is 5.56 Å². The summed E-state index contributed by atoms with van der Waals surface area (Å²) in [5.74, 6) is -0.771. The van der Waals surface area contributed by atoms with Gasteiger partial charge in [0.2, 0.25) is 0 Å². The van der Waals surface area contributed by atoms with Gasteiger partial charge in [-0.1, -0.05) is 34.1 Å². The molecule has 0 radical (unpaired) electrons. The van der Waals surface area contributed by atoms with Crippen LogP contribution in [0, 0.1) is 0 Å². The van der Waals surface area contributed by atoms with Gasteiger partial charge in [-0.2, -0.15) is 0 Å². The summed E-state index contributed by atoms with van der Waals surface area (Å²) in [5.41, 5.74) is 5.26. The van der Waals surface area contributed by atoms with Crippen molar-refractivity contribution in [2.75, 3.05) is 36.2 Å². The minimum absolute atomic E-state index is 0.120. The van der Waals surface area contributed by atoms with Gasteiger partial charge >= 0.3 is 0 Å². The molecule has 7 heteroatoms. The Hall–Kier alpha value is -2.64. The zero-order valence-corrected chi connectivity index (χ0v) is 16.1. The van der Waals surface area contributed by atoms with Gasteiger partial charge in [0.15, 0.2) is 0 Å². The van der Waals surface area contributed by atoms with Crippen molar-refractivity contribution in [2.24, 2.45) is 0 Å². The summed E-state index contributed by atoms with van der Waals surface area (Å²) in [5, 5.41) is 1.26. The molecule has 138 valence electrons. The van der Waals surface area contributed by atoms with Gasteiger partial charge in [-0.15, -0.1) is 0 Å². The number of carbonyl (C=O) groups is 2. The normalized spacial score (nSPS) is 18.9. The van der Waals surface area contributed by atoms with Gasteiger partial charge in [0.1, 0.15) is 5.57 Å². The number of nitrogens with one attached hydrogen (secondary N) is 1. The van der Waals surface area contributed by atoms with Crippen LogP contribution >= 0.6 is 15.9 Å². The molecule has 0 bridgehead atoms. The first-order chi connectivity index (χ1) is 13.1. The lowest BCUT2D eigenvalue weighted by Gasteiger charge is -2.28. The molecule has 2 aliphatic rings. The third-order valence-corrected chi connectivity index (χ3v) is 5.03. The second-order valence-electron chi connectivity index (χ2n) is 6.31. The fourth-order valence-electron chi connectivity index (χ4n) is 3.12. The van der Waals surface area contributed by atoms with Crippen LogP contribution in [0.3, 0.4) is 0 Å². The van der Waals surface area contributed by atoms with Crippen molar-refractivity contribution in [2.45, 2.75) is 0 Å². The van der Waals surface area contributed by atoms with Crippen LogP contribution in [0.4, 0.5) is 11.4 Å². The van der Waals surface area contributed by atoms with E-state index in [0.717, 1.165) is 42.0 Å². The van der Waals surface area contributed by atoms with Gasteiger partial charge in [-0.05, 0) is 42.0 Å². The Bertz CT molecular complexity index is 905.